The summed E-state index contributed by atoms with van der Waals surface area (Å²) in [5.41, 5.74) is 0.805. The molecule has 1 aromatic heterocycles. The van der Waals surface area contributed by atoms with Gasteiger partial charge in [-0.15, -0.1) is 0 Å². The van der Waals surface area contributed by atoms with E-state index in [1.165, 1.54) is 24.5 Å². The molecule has 2 rings (SSSR count). The molecular formula is C12H10N4O2S. The highest BCUT2D eigenvalue weighted by Gasteiger charge is 2.08. The first kappa shape index (κ1) is 13.0. The van der Waals surface area contributed by atoms with Crippen LogP contribution < -0.4 is 5.32 Å². The number of hydrogen-bond donors (Lipinski definition) is 1. The summed E-state index contributed by atoms with van der Waals surface area (Å²) in [5.74, 6) is 0.331. The van der Waals surface area contributed by atoms with Crippen molar-refractivity contribution >= 4 is 21.3 Å². The molecule has 0 unspecified atom stereocenters. The number of hydrogen-bond acceptors (Lipinski definition) is 6. The molecular weight excluding hydrogens is 264 g/mol. The Morgan fingerprint density at radius 1 is 1.16 bits per heavy atom. The lowest BCUT2D eigenvalue weighted by Crippen LogP contribution is -2.00. The van der Waals surface area contributed by atoms with Crippen molar-refractivity contribution in [1.82, 2.24) is 9.97 Å². The van der Waals surface area contributed by atoms with Crippen molar-refractivity contribution in [1.29, 1.82) is 5.26 Å². The van der Waals surface area contributed by atoms with Crippen molar-refractivity contribution < 1.29 is 8.42 Å². The van der Waals surface area contributed by atoms with E-state index < -0.39 is 9.84 Å². The van der Waals surface area contributed by atoms with Crippen LogP contribution >= 0.6 is 0 Å². The highest BCUT2D eigenvalue weighted by Crippen LogP contribution is 2.18. The van der Waals surface area contributed by atoms with Gasteiger partial charge >= 0.3 is 0 Å². The van der Waals surface area contributed by atoms with E-state index in [0.717, 1.165) is 6.26 Å². The molecule has 6 nitrogen and oxygen atoms in total. The predicted octanol–water partition coefficient (Wildman–Crippen LogP) is 1.50. The highest BCUT2D eigenvalue weighted by molar-refractivity contribution is 7.90. The van der Waals surface area contributed by atoms with Crippen LogP contribution in [0, 0.1) is 11.3 Å². The predicted molar refractivity (Wildman–Crippen MR) is 69.6 cm³/mol. The number of anilines is 2. The molecule has 0 aliphatic heterocycles. The first-order chi connectivity index (χ1) is 9.00. The molecule has 0 aliphatic rings. The number of aromatic nitrogens is 2. The van der Waals surface area contributed by atoms with Gasteiger partial charge in [-0.1, -0.05) is 0 Å². The summed E-state index contributed by atoms with van der Waals surface area (Å²) >= 11 is 0. The maximum Gasteiger partial charge on any atom is 0.183 e. The van der Waals surface area contributed by atoms with E-state index in [1.54, 1.807) is 12.1 Å². The van der Waals surface area contributed by atoms with Crippen molar-refractivity contribution in [2.45, 2.75) is 4.90 Å². The molecule has 0 saturated carbocycles. The molecule has 0 bridgehead atoms. The van der Waals surface area contributed by atoms with Crippen LogP contribution in [0.4, 0.5) is 11.5 Å². The molecule has 96 valence electrons. The van der Waals surface area contributed by atoms with Gasteiger partial charge in [0.15, 0.2) is 21.3 Å². The average molecular weight is 274 g/mol. The number of sulfone groups is 1. The Balaban J connectivity index is 2.28. The fraction of sp³-hybridized carbons (Fsp3) is 0.0833. The summed E-state index contributed by atoms with van der Waals surface area (Å²) in [6, 6.07) is 8.10. The van der Waals surface area contributed by atoms with Gasteiger partial charge in [0.05, 0.1) is 4.90 Å². The molecule has 1 heterocycles. The molecule has 0 amide bonds. The van der Waals surface area contributed by atoms with Gasteiger partial charge in [0.2, 0.25) is 0 Å². The summed E-state index contributed by atoms with van der Waals surface area (Å²) in [4.78, 5) is 8.10. The number of nitrogens with one attached hydrogen (secondary N) is 1. The Morgan fingerprint density at radius 2 is 1.79 bits per heavy atom. The standard InChI is InChI=1S/C12H10N4O2S/c1-19(17,18)10-4-2-9(3-5-10)16-12-11(8-13)14-6-7-15-12/h2-7H,1H3,(H,15,16). The van der Waals surface area contributed by atoms with Crippen LogP contribution in [-0.2, 0) is 9.84 Å². The van der Waals surface area contributed by atoms with E-state index in [4.69, 9.17) is 5.26 Å². The van der Waals surface area contributed by atoms with Gasteiger partial charge in [-0.3, -0.25) is 0 Å². The van der Waals surface area contributed by atoms with Gasteiger partial charge in [0.1, 0.15) is 6.07 Å². The molecule has 7 heteroatoms. The number of rotatable bonds is 3. The van der Waals surface area contributed by atoms with Crippen molar-refractivity contribution in [2.24, 2.45) is 0 Å². The first-order valence-electron chi connectivity index (χ1n) is 5.29. The quantitative estimate of drug-likeness (QED) is 0.911. The number of nitriles is 1. The monoisotopic (exact) mass is 274 g/mol. The van der Waals surface area contributed by atoms with Crippen LogP contribution in [0.3, 0.4) is 0 Å². The summed E-state index contributed by atoms with van der Waals surface area (Å²) in [6.45, 7) is 0. The third-order valence-electron chi connectivity index (χ3n) is 2.35. The Labute approximate surface area is 110 Å². The van der Waals surface area contributed by atoms with E-state index in [0.29, 0.717) is 11.5 Å². The molecule has 0 saturated heterocycles. The second-order valence-corrected chi connectivity index (χ2v) is 5.80. The summed E-state index contributed by atoms with van der Waals surface area (Å²) in [5, 5.41) is 11.8. The molecule has 19 heavy (non-hydrogen) atoms. The maximum atomic E-state index is 11.3. The minimum Gasteiger partial charge on any atom is -0.338 e. The van der Waals surface area contributed by atoms with E-state index >= 15 is 0 Å². The lowest BCUT2D eigenvalue weighted by Gasteiger charge is -2.06. The molecule has 0 radical (unpaired) electrons. The zero-order valence-corrected chi connectivity index (χ0v) is 10.8. The summed E-state index contributed by atoms with van der Waals surface area (Å²) < 4.78 is 22.6. The van der Waals surface area contributed by atoms with Gasteiger partial charge in [-0.2, -0.15) is 5.26 Å². The third-order valence-corrected chi connectivity index (χ3v) is 3.48. The Kier molecular flexibility index (Phi) is 3.44. The lowest BCUT2D eigenvalue weighted by atomic mass is 10.3. The fourth-order valence-electron chi connectivity index (χ4n) is 1.43. The zero-order chi connectivity index (χ0) is 13.9. The van der Waals surface area contributed by atoms with Crippen LogP contribution in [0.25, 0.3) is 0 Å². The maximum absolute atomic E-state index is 11.3. The van der Waals surface area contributed by atoms with Crippen LogP contribution in [0.1, 0.15) is 5.69 Å². The minimum absolute atomic E-state index is 0.176. The molecule has 0 spiro atoms. The Bertz CT molecular complexity index is 733. The first-order valence-corrected chi connectivity index (χ1v) is 7.18. The van der Waals surface area contributed by atoms with Crippen LogP contribution in [0.15, 0.2) is 41.6 Å². The SMILES string of the molecule is CS(=O)(=O)c1ccc(Nc2nccnc2C#N)cc1. The second kappa shape index (κ2) is 5.04. The number of benzene rings is 1. The van der Waals surface area contributed by atoms with Crippen LogP contribution in [0.2, 0.25) is 0 Å². The van der Waals surface area contributed by atoms with Gasteiger partial charge in [0.25, 0.3) is 0 Å². The van der Waals surface area contributed by atoms with Gasteiger partial charge in [-0.05, 0) is 24.3 Å². The van der Waals surface area contributed by atoms with Crippen molar-refractivity contribution in [3.63, 3.8) is 0 Å². The fourth-order valence-corrected chi connectivity index (χ4v) is 2.06. The summed E-state index contributed by atoms with van der Waals surface area (Å²) in [6.07, 6.45) is 4.04. The molecule has 0 aliphatic carbocycles. The van der Waals surface area contributed by atoms with Gasteiger partial charge in [-0.25, -0.2) is 18.4 Å². The van der Waals surface area contributed by atoms with E-state index in [-0.39, 0.29) is 10.6 Å². The van der Waals surface area contributed by atoms with Crippen LogP contribution in [-0.4, -0.2) is 24.6 Å². The smallest absolute Gasteiger partial charge is 0.183 e. The molecule has 1 N–H and O–H groups in total. The largest absolute Gasteiger partial charge is 0.338 e. The third kappa shape index (κ3) is 3.05. The lowest BCUT2D eigenvalue weighted by molar-refractivity contribution is 0.602. The minimum atomic E-state index is -3.21. The Hall–Kier alpha value is -2.46. The van der Waals surface area contributed by atoms with Gasteiger partial charge < -0.3 is 5.32 Å². The van der Waals surface area contributed by atoms with Crippen molar-refractivity contribution in [2.75, 3.05) is 11.6 Å². The zero-order valence-electron chi connectivity index (χ0n) is 10.0. The van der Waals surface area contributed by atoms with Crippen LogP contribution in [0.5, 0.6) is 0 Å². The van der Waals surface area contributed by atoms with Crippen molar-refractivity contribution in [3.8, 4) is 6.07 Å². The Morgan fingerprint density at radius 3 is 2.37 bits per heavy atom. The summed E-state index contributed by atoms with van der Waals surface area (Å²) in [7, 11) is -3.21. The second-order valence-electron chi connectivity index (χ2n) is 3.79. The average Bonchev–Trinajstić information content (AvgIpc) is 2.39. The highest BCUT2D eigenvalue weighted by atomic mass is 32.2. The van der Waals surface area contributed by atoms with E-state index in [9.17, 15) is 8.42 Å². The molecule has 2 aromatic rings. The molecule has 0 atom stereocenters. The van der Waals surface area contributed by atoms with Crippen molar-refractivity contribution in [3.05, 3.63) is 42.4 Å². The van der Waals surface area contributed by atoms with Gasteiger partial charge in [0, 0.05) is 24.3 Å². The van der Waals surface area contributed by atoms with E-state index in [1.807, 2.05) is 6.07 Å². The topological polar surface area (TPSA) is 95.7 Å². The van der Waals surface area contributed by atoms with E-state index in [2.05, 4.69) is 15.3 Å². The molecule has 1 aromatic carbocycles. The normalized spacial score (nSPS) is 10.7. The molecule has 0 fully saturated rings. The number of nitrogens with zero attached hydrogens (tertiary/aromatic N) is 3.